The molecule has 0 radical (unpaired) electrons. The van der Waals surface area contributed by atoms with Crippen molar-refractivity contribution in [2.45, 2.75) is 13.3 Å². The van der Waals surface area contributed by atoms with Crippen LogP contribution in [-0.2, 0) is 11.2 Å². The summed E-state index contributed by atoms with van der Waals surface area (Å²) in [5.74, 6) is 1.40. The summed E-state index contributed by atoms with van der Waals surface area (Å²) in [7, 11) is 0. The Morgan fingerprint density at radius 1 is 1.27 bits per heavy atom. The predicted molar refractivity (Wildman–Crippen MR) is 87.5 cm³/mol. The minimum absolute atomic E-state index is 0.117. The van der Waals surface area contributed by atoms with E-state index in [1.807, 2.05) is 43.5 Å². The number of rotatable bonds is 5. The van der Waals surface area contributed by atoms with Crippen LogP contribution in [-0.4, -0.2) is 17.4 Å². The molecule has 1 amide bonds. The highest BCUT2D eigenvalue weighted by atomic mass is 16.3. The zero-order chi connectivity index (χ0) is 15.4. The Morgan fingerprint density at radius 2 is 2.14 bits per heavy atom. The van der Waals surface area contributed by atoms with Crippen LogP contribution in [0.3, 0.4) is 0 Å². The quantitative estimate of drug-likeness (QED) is 0.708. The average Bonchev–Trinajstić information content (AvgIpc) is 3.12. The van der Waals surface area contributed by atoms with Crippen LogP contribution in [0.5, 0.6) is 0 Å². The van der Waals surface area contributed by atoms with E-state index in [4.69, 9.17) is 4.42 Å². The molecule has 0 atom stereocenters. The third-order valence-corrected chi connectivity index (χ3v) is 3.53. The number of furan rings is 1. The molecule has 0 aliphatic heterocycles. The highest BCUT2D eigenvalue weighted by molar-refractivity contribution is 5.91. The first-order valence-corrected chi connectivity index (χ1v) is 7.30. The van der Waals surface area contributed by atoms with Crippen LogP contribution < -0.4 is 5.32 Å². The average molecular weight is 294 g/mol. The molecule has 0 aliphatic carbocycles. The second kappa shape index (κ2) is 6.35. The minimum Gasteiger partial charge on any atom is -0.462 e. The molecule has 0 aliphatic rings. The van der Waals surface area contributed by atoms with E-state index in [1.54, 1.807) is 6.08 Å². The monoisotopic (exact) mass is 294 g/mol. The molecule has 2 aromatic heterocycles. The molecular formula is C18H18N2O2. The first-order chi connectivity index (χ1) is 10.7. The maximum Gasteiger partial charge on any atom is 0.244 e. The highest BCUT2D eigenvalue weighted by Crippen LogP contribution is 2.17. The Hall–Kier alpha value is -2.75. The number of carbonyl (C=O) groups excluding carboxylic acids is 1. The number of benzene rings is 1. The van der Waals surface area contributed by atoms with Gasteiger partial charge >= 0.3 is 0 Å². The van der Waals surface area contributed by atoms with Gasteiger partial charge in [-0.2, -0.15) is 0 Å². The number of aromatic nitrogens is 1. The fraction of sp³-hybridized carbons (Fsp3) is 0.167. The van der Waals surface area contributed by atoms with E-state index in [-0.39, 0.29) is 5.91 Å². The highest BCUT2D eigenvalue weighted by Gasteiger charge is 2.03. The Bertz CT molecular complexity index is 811. The zero-order valence-electron chi connectivity index (χ0n) is 12.4. The van der Waals surface area contributed by atoms with Crippen molar-refractivity contribution in [3.05, 3.63) is 65.8 Å². The smallest absolute Gasteiger partial charge is 0.244 e. The summed E-state index contributed by atoms with van der Waals surface area (Å²) < 4.78 is 5.37. The van der Waals surface area contributed by atoms with E-state index in [1.165, 1.54) is 17.0 Å². The van der Waals surface area contributed by atoms with Gasteiger partial charge in [-0.25, -0.2) is 0 Å². The van der Waals surface area contributed by atoms with E-state index >= 15 is 0 Å². The maximum absolute atomic E-state index is 11.8. The number of fused-ring (bicyclic) bond motifs is 1. The molecule has 0 unspecified atom stereocenters. The lowest BCUT2D eigenvalue weighted by Gasteiger charge is -2.01. The van der Waals surface area contributed by atoms with E-state index in [2.05, 4.69) is 16.4 Å². The van der Waals surface area contributed by atoms with E-state index in [9.17, 15) is 4.79 Å². The summed E-state index contributed by atoms with van der Waals surface area (Å²) in [6.45, 7) is 2.47. The molecule has 2 heterocycles. The third kappa shape index (κ3) is 3.28. The lowest BCUT2D eigenvalue weighted by molar-refractivity contribution is -0.116. The van der Waals surface area contributed by atoms with Crippen molar-refractivity contribution in [1.29, 1.82) is 0 Å². The van der Waals surface area contributed by atoms with E-state index in [0.29, 0.717) is 12.3 Å². The minimum atomic E-state index is -0.117. The van der Waals surface area contributed by atoms with Crippen molar-refractivity contribution in [2.75, 3.05) is 6.54 Å². The third-order valence-electron chi connectivity index (χ3n) is 3.53. The molecular weight excluding hydrogens is 276 g/mol. The normalized spacial score (nSPS) is 11.3. The summed E-state index contributed by atoms with van der Waals surface area (Å²) in [6.07, 6.45) is 5.96. The Balaban J connectivity index is 1.52. The number of H-pyrrole nitrogens is 1. The molecule has 0 fully saturated rings. The van der Waals surface area contributed by atoms with Crippen LogP contribution in [0.25, 0.3) is 17.0 Å². The van der Waals surface area contributed by atoms with Crippen molar-refractivity contribution in [1.82, 2.24) is 10.3 Å². The topological polar surface area (TPSA) is 58.0 Å². The molecule has 4 heteroatoms. The summed E-state index contributed by atoms with van der Waals surface area (Å²) in [5, 5.41) is 4.09. The van der Waals surface area contributed by atoms with Crippen LogP contribution in [0.1, 0.15) is 17.1 Å². The molecule has 0 bridgehead atoms. The number of nitrogens with one attached hydrogen (secondary N) is 2. The number of hydrogen-bond donors (Lipinski definition) is 2. The van der Waals surface area contributed by atoms with Crippen molar-refractivity contribution < 1.29 is 9.21 Å². The largest absolute Gasteiger partial charge is 0.462 e. The van der Waals surface area contributed by atoms with Gasteiger partial charge in [0.1, 0.15) is 11.5 Å². The lowest BCUT2D eigenvalue weighted by atomic mass is 10.1. The molecule has 2 N–H and O–H groups in total. The SMILES string of the molecule is Cc1ccc(C=CC(=O)NCCc2c[nH]c3ccccc23)o1. The van der Waals surface area contributed by atoms with Gasteiger partial charge in [-0.15, -0.1) is 0 Å². The number of hydrogen-bond acceptors (Lipinski definition) is 2. The van der Waals surface area contributed by atoms with Crippen LogP contribution in [0.2, 0.25) is 0 Å². The fourth-order valence-electron chi connectivity index (χ4n) is 2.42. The number of aryl methyl sites for hydroxylation is 1. The van der Waals surface area contributed by atoms with E-state index in [0.717, 1.165) is 17.7 Å². The van der Waals surface area contributed by atoms with Gasteiger partial charge in [0.15, 0.2) is 0 Å². The number of amides is 1. The maximum atomic E-state index is 11.8. The molecule has 0 spiro atoms. The molecule has 22 heavy (non-hydrogen) atoms. The number of para-hydroxylation sites is 1. The van der Waals surface area contributed by atoms with Gasteiger partial charge < -0.3 is 14.7 Å². The Kier molecular flexibility index (Phi) is 4.10. The van der Waals surface area contributed by atoms with Gasteiger partial charge in [-0.1, -0.05) is 18.2 Å². The van der Waals surface area contributed by atoms with Gasteiger partial charge in [0.25, 0.3) is 0 Å². The zero-order valence-corrected chi connectivity index (χ0v) is 12.4. The number of carbonyl (C=O) groups is 1. The van der Waals surface area contributed by atoms with Gasteiger partial charge in [0.2, 0.25) is 5.91 Å². The van der Waals surface area contributed by atoms with Crippen LogP contribution in [0.15, 0.2) is 53.1 Å². The summed E-state index contributed by atoms with van der Waals surface area (Å²) >= 11 is 0. The van der Waals surface area contributed by atoms with Crippen molar-refractivity contribution in [3.63, 3.8) is 0 Å². The van der Waals surface area contributed by atoms with Crippen molar-refractivity contribution in [3.8, 4) is 0 Å². The Labute approximate surface area is 128 Å². The molecule has 0 saturated heterocycles. The molecule has 3 rings (SSSR count). The van der Waals surface area contributed by atoms with Crippen molar-refractivity contribution in [2.24, 2.45) is 0 Å². The summed E-state index contributed by atoms with van der Waals surface area (Å²) in [5.41, 5.74) is 2.33. The summed E-state index contributed by atoms with van der Waals surface area (Å²) in [4.78, 5) is 15.0. The van der Waals surface area contributed by atoms with Gasteiger partial charge in [-0.05, 0) is 43.2 Å². The molecule has 3 aromatic rings. The van der Waals surface area contributed by atoms with Gasteiger partial charge in [0, 0.05) is 29.7 Å². The van der Waals surface area contributed by atoms with Crippen molar-refractivity contribution >= 4 is 22.9 Å². The molecule has 0 saturated carbocycles. The first-order valence-electron chi connectivity index (χ1n) is 7.30. The molecule has 112 valence electrons. The van der Waals surface area contributed by atoms with E-state index < -0.39 is 0 Å². The molecule has 1 aromatic carbocycles. The van der Waals surface area contributed by atoms with Crippen LogP contribution in [0.4, 0.5) is 0 Å². The second-order valence-electron chi connectivity index (χ2n) is 5.18. The summed E-state index contributed by atoms with van der Waals surface area (Å²) in [6, 6.07) is 11.9. The number of aromatic amines is 1. The molecule has 4 nitrogen and oxygen atoms in total. The fourth-order valence-corrected chi connectivity index (χ4v) is 2.42. The Morgan fingerprint density at radius 3 is 2.95 bits per heavy atom. The predicted octanol–water partition coefficient (Wildman–Crippen LogP) is 3.44. The standard InChI is InChI=1S/C18H18N2O2/c1-13-6-7-15(22-13)8-9-18(21)19-11-10-14-12-20-17-5-3-2-4-16(14)17/h2-9,12,20H,10-11H2,1H3,(H,19,21). The second-order valence-corrected chi connectivity index (χ2v) is 5.18. The lowest BCUT2D eigenvalue weighted by Crippen LogP contribution is -2.23. The first kappa shape index (κ1) is 14.2. The van der Waals surface area contributed by atoms with Crippen LogP contribution in [0, 0.1) is 6.92 Å². The van der Waals surface area contributed by atoms with Crippen LogP contribution >= 0.6 is 0 Å². The van der Waals surface area contributed by atoms with Gasteiger partial charge in [0.05, 0.1) is 0 Å². The van der Waals surface area contributed by atoms with Gasteiger partial charge in [-0.3, -0.25) is 4.79 Å².